The lowest BCUT2D eigenvalue weighted by Crippen LogP contribution is -2.49. The molecule has 1 aliphatic rings. The van der Waals surface area contributed by atoms with Gasteiger partial charge in [0.25, 0.3) is 5.91 Å². The van der Waals surface area contributed by atoms with Gasteiger partial charge in [0.15, 0.2) is 0 Å². The van der Waals surface area contributed by atoms with Gasteiger partial charge in [-0.15, -0.1) is 12.4 Å². The van der Waals surface area contributed by atoms with Crippen LogP contribution in [0.5, 0.6) is 0 Å². The van der Waals surface area contributed by atoms with Crippen molar-refractivity contribution in [3.63, 3.8) is 0 Å². The summed E-state index contributed by atoms with van der Waals surface area (Å²) in [4.78, 5) is 20.4. The predicted octanol–water partition coefficient (Wildman–Crippen LogP) is 2.82. The highest BCUT2D eigenvalue weighted by Gasteiger charge is 2.31. The molecule has 0 radical (unpaired) electrons. The number of hydrogen-bond donors (Lipinski definition) is 0. The first-order valence-corrected chi connectivity index (χ1v) is 7.55. The number of carbonyl (C=O) groups is 1. The van der Waals surface area contributed by atoms with Crippen molar-refractivity contribution in [3.05, 3.63) is 47.8 Å². The standard InChI is InChI=1S/C16H17F3N4O.ClH/c1-21-6-5-20-15(21)23-9-7-22(8-10-23)14(24)12-3-2-4-13(11-12)16(17,18)19;/h2-6,11H,7-10H2,1H3;1H. The Morgan fingerprint density at radius 1 is 1.16 bits per heavy atom. The maximum Gasteiger partial charge on any atom is 0.416 e. The van der Waals surface area contributed by atoms with Crippen LogP contribution in [0, 0.1) is 0 Å². The van der Waals surface area contributed by atoms with E-state index in [0.717, 1.165) is 18.1 Å². The molecule has 1 amide bonds. The van der Waals surface area contributed by atoms with Gasteiger partial charge in [-0.3, -0.25) is 4.79 Å². The van der Waals surface area contributed by atoms with Crippen molar-refractivity contribution in [2.75, 3.05) is 31.1 Å². The van der Waals surface area contributed by atoms with Crippen LogP contribution in [0.4, 0.5) is 19.1 Å². The van der Waals surface area contributed by atoms with Crippen molar-refractivity contribution in [2.45, 2.75) is 6.18 Å². The maximum absolute atomic E-state index is 12.8. The first-order chi connectivity index (χ1) is 11.4. The van der Waals surface area contributed by atoms with Crippen molar-refractivity contribution >= 4 is 24.3 Å². The molecule has 0 N–H and O–H groups in total. The molecule has 1 aliphatic heterocycles. The van der Waals surface area contributed by atoms with E-state index in [0.29, 0.717) is 26.2 Å². The highest BCUT2D eigenvalue weighted by atomic mass is 35.5. The van der Waals surface area contributed by atoms with Crippen molar-refractivity contribution in [1.82, 2.24) is 14.5 Å². The number of halogens is 4. The lowest BCUT2D eigenvalue weighted by atomic mass is 10.1. The molecule has 1 saturated heterocycles. The van der Waals surface area contributed by atoms with E-state index in [2.05, 4.69) is 9.88 Å². The minimum Gasteiger partial charge on any atom is -0.339 e. The lowest BCUT2D eigenvalue weighted by molar-refractivity contribution is -0.137. The number of imidazole rings is 1. The largest absolute Gasteiger partial charge is 0.416 e. The van der Waals surface area contributed by atoms with Gasteiger partial charge >= 0.3 is 6.18 Å². The molecule has 2 heterocycles. The van der Waals surface area contributed by atoms with Gasteiger partial charge in [-0.2, -0.15) is 13.2 Å². The highest BCUT2D eigenvalue weighted by Crippen LogP contribution is 2.29. The molecule has 2 aromatic rings. The number of aromatic nitrogens is 2. The van der Waals surface area contributed by atoms with Gasteiger partial charge < -0.3 is 14.4 Å². The Balaban J connectivity index is 0.00000225. The lowest BCUT2D eigenvalue weighted by Gasteiger charge is -2.35. The fraction of sp³-hybridized carbons (Fsp3) is 0.375. The molecule has 0 atom stereocenters. The number of anilines is 1. The third-order valence-corrected chi connectivity index (χ3v) is 4.08. The first kappa shape index (κ1) is 19.1. The summed E-state index contributed by atoms with van der Waals surface area (Å²) in [7, 11) is 1.89. The zero-order valence-electron chi connectivity index (χ0n) is 13.5. The van der Waals surface area contributed by atoms with Crippen molar-refractivity contribution in [3.8, 4) is 0 Å². The van der Waals surface area contributed by atoms with E-state index in [1.165, 1.54) is 12.1 Å². The summed E-state index contributed by atoms with van der Waals surface area (Å²) in [5.41, 5.74) is -0.740. The molecular formula is C16H18ClF3N4O. The second-order valence-corrected chi connectivity index (χ2v) is 5.70. The number of amides is 1. The van der Waals surface area contributed by atoms with Gasteiger partial charge in [-0.05, 0) is 18.2 Å². The van der Waals surface area contributed by atoms with Crippen LogP contribution in [0.3, 0.4) is 0 Å². The molecule has 25 heavy (non-hydrogen) atoms. The monoisotopic (exact) mass is 374 g/mol. The van der Waals surface area contributed by atoms with E-state index in [1.54, 1.807) is 11.1 Å². The van der Waals surface area contributed by atoms with E-state index >= 15 is 0 Å². The quantitative estimate of drug-likeness (QED) is 0.811. The number of rotatable bonds is 2. The number of hydrogen-bond acceptors (Lipinski definition) is 3. The normalized spacial score (nSPS) is 15.0. The van der Waals surface area contributed by atoms with Gasteiger partial charge in [0, 0.05) is 51.2 Å². The smallest absolute Gasteiger partial charge is 0.339 e. The summed E-state index contributed by atoms with van der Waals surface area (Å²) in [5.74, 6) is 0.446. The third-order valence-electron chi connectivity index (χ3n) is 4.08. The molecule has 9 heteroatoms. The third kappa shape index (κ3) is 4.07. The average Bonchev–Trinajstić information content (AvgIpc) is 3.00. The Kier molecular flexibility index (Phi) is 5.62. The molecule has 0 aliphatic carbocycles. The van der Waals surface area contributed by atoms with Crippen LogP contribution in [0.1, 0.15) is 15.9 Å². The first-order valence-electron chi connectivity index (χ1n) is 7.55. The number of aryl methyl sites for hydroxylation is 1. The Morgan fingerprint density at radius 3 is 2.40 bits per heavy atom. The van der Waals surface area contributed by atoms with Crippen LogP contribution in [0.25, 0.3) is 0 Å². The number of carbonyl (C=O) groups excluding carboxylic acids is 1. The Hall–Kier alpha value is -2.22. The minimum absolute atomic E-state index is 0. The number of benzene rings is 1. The summed E-state index contributed by atoms with van der Waals surface area (Å²) in [6, 6.07) is 4.56. The molecule has 1 aromatic carbocycles. The molecule has 1 fully saturated rings. The molecule has 3 rings (SSSR count). The van der Waals surface area contributed by atoms with Crippen LogP contribution in [-0.2, 0) is 13.2 Å². The number of piperazine rings is 1. The molecule has 5 nitrogen and oxygen atoms in total. The maximum atomic E-state index is 12.8. The van der Waals surface area contributed by atoms with Gasteiger partial charge in [0.1, 0.15) is 0 Å². The Labute approximate surface area is 149 Å². The van der Waals surface area contributed by atoms with Crippen LogP contribution in [0.15, 0.2) is 36.7 Å². The molecular weight excluding hydrogens is 357 g/mol. The highest BCUT2D eigenvalue weighted by molar-refractivity contribution is 5.94. The minimum atomic E-state index is -4.45. The average molecular weight is 375 g/mol. The van der Waals surface area contributed by atoms with E-state index in [1.807, 2.05) is 17.8 Å². The SMILES string of the molecule is Cl.Cn1ccnc1N1CCN(C(=O)c2cccc(C(F)(F)F)c2)CC1. The fourth-order valence-corrected chi connectivity index (χ4v) is 2.78. The van der Waals surface area contributed by atoms with Crippen molar-refractivity contribution in [2.24, 2.45) is 7.05 Å². The van der Waals surface area contributed by atoms with E-state index in [4.69, 9.17) is 0 Å². The molecule has 0 spiro atoms. The van der Waals surface area contributed by atoms with Gasteiger partial charge in [-0.25, -0.2) is 4.98 Å². The number of nitrogens with zero attached hydrogens (tertiary/aromatic N) is 4. The molecule has 0 bridgehead atoms. The fourth-order valence-electron chi connectivity index (χ4n) is 2.78. The summed E-state index contributed by atoms with van der Waals surface area (Å²) < 4.78 is 40.2. The molecule has 1 aromatic heterocycles. The summed E-state index contributed by atoms with van der Waals surface area (Å²) in [5, 5.41) is 0. The summed E-state index contributed by atoms with van der Waals surface area (Å²) in [6.07, 6.45) is -0.905. The van der Waals surface area contributed by atoms with E-state index in [9.17, 15) is 18.0 Å². The van der Waals surface area contributed by atoms with Crippen molar-refractivity contribution in [1.29, 1.82) is 0 Å². The Bertz CT molecular complexity index is 739. The van der Waals surface area contributed by atoms with Crippen LogP contribution in [-0.4, -0.2) is 46.5 Å². The van der Waals surface area contributed by atoms with Crippen molar-refractivity contribution < 1.29 is 18.0 Å². The zero-order valence-corrected chi connectivity index (χ0v) is 14.3. The van der Waals surface area contributed by atoms with Crippen LogP contribution < -0.4 is 4.90 Å². The zero-order chi connectivity index (χ0) is 17.3. The van der Waals surface area contributed by atoms with Gasteiger partial charge in [0.2, 0.25) is 5.95 Å². The second-order valence-electron chi connectivity index (χ2n) is 5.70. The van der Waals surface area contributed by atoms with Gasteiger partial charge in [0.05, 0.1) is 5.56 Å². The molecule has 136 valence electrons. The molecule has 0 saturated carbocycles. The topological polar surface area (TPSA) is 41.4 Å². The van der Waals surface area contributed by atoms with Crippen LogP contribution >= 0.6 is 12.4 Å². The summed E-state index contributed by atoms with van der Waals surface area (Å²) >= 11 is 0. The Morgan fingerprint density at radius 2 is 1.84 bits per heavy atom. The number of alkyl halides is 3. The summed E-state index contributed by atoms with van der Waals surface area (Å²) in [6.45, 7) is 2.08. The van der Waals surface area contributed by atoms with Gasteiger partial charge in [-0.1, -0.05) is 6.07 Å². The second kappa shape index (κ2) is 7.35. The van der Waals surface area contributed by atoms with E-state index in [-0.39, 0.29) is 23.9 Å². The van der Waals surface area contributed by atoms with E-state index < -0.39 is 11.7 Å². The molecule has 0 unspecified atom stereocenters. The van der Waals surface area contributed by atoms with Crippen LogP contribution in [0.2, 0.25) is 0 Å². The predicted molar refractivity (Wildman–Crippen MR) is 90.0 cm³/mol.